The highest BCUT2D eigenvalue weighted by atomic mass is 32.2. The molecule has 1 aliphatic heterocycles. The molecule has 1 aliphatic rings. The largest absolute Gasteiger partial charge is 0.335 e. The van der Waals surface area contributed by atoms with Crippen LogP contribution in [0, 0.1) is 13.8 Å². The van der Waals surface area contributed by atoms with Crippen LogP contribution in [0.3, 0.4) is 0 Å². The average Bonchev–Trinajstić information content (AvgIpc) is 2.21. The second-order valence-electron chi connectivity index (χ2n) is 3.78. The van der Waals surface area contributed by atoms with E-state index < -0.39 is 16.1 Å². The highest BCUT2D eigenvalue weighted by molar-refractivity contribution is 7.90. The van der Waals surface area contributed by atoms with E-state index in [0.29, 0.717) is 9.99 Å². The standard InChI is InChI=1S/C10H12N2O3S/c1-6-4-5-8-9(7(6)2)11-10(13)12(3)16(8,14)15/h4-5H,1-3H3,(H,11,13). The Balaban J connectivity index is 2.80. The third-order valence-corrected chi connectivity index (χ3v) is 4.64. The maximum Gasteiger partial charge on any atom is 0.335 e. The van der Waals surface area contributed by atoms with E-state index in [9.17, 15) is 13.2 Å². The number of hydrogen-bond donors (Lipinski definition) is 1. The third-order valence-electron chi connectivity index (χ3n) is 2.85. The lowest BCUT2D eigenvalue weighted by Gasteiger charge is -2.27. The molecule has 2 rings (SSSR count). The number of carbonyl (C=O) groups is 1. The third kappa shape index (κ3) is 1.30. The summed E-state index contributed by atoms with van der Waals surface area (Å²) in [7, 11) is -2.45. The number of fused-ring (bicyclic) bond motifs is 1. The van der Waals surface area contributed by atoms with Gasteiger partial charge in [-0.25, -0.2) is 17.5 Å². The molecule has 1 aromatic carbocycles. The molecule has 16 heavy (non-hydrogen) atoms. The summed E-state index contributed by atoms with van der Waals surface area (Å²) < 4.78 is 24.6. The van der Waals surface area contributed by atoms with Gasteiger partial charge in [0.15, 0.2) is 0 Å². The van der Waals surface area contributed by atoms with Gasteiger partial charge in [0.05, 0.1) is 5.69 Å². The van der Waals surface area contributed by atoms with Gasteiger partial charge in [-0.3, -0.25) is 0 Å². The molecule has 0 fully saturated rings. The Labute approximate surface area is 94.1 Å². The predicted octanol–water partition coefficient (Wildman–Crippen LogP) is 1.47. The van der Waals surface area contributed by atoms with Crippen molar-refractivity contribution in [2.45, 2.75) is 18.7 Å². The summed E-state index contributed by atoms with van der Waals surface area (Å²) in [5, 5.41) is 2.58. The van der Waals surface area contributed by atoms with E-state index in [4.69, 9.17) is 0 Å². The first kappa shape index (κ1) is 10.9. The second-order valence-corrected chi connectivity index (χ2v) is 5.72. The highest BCUT2D eigenvalue weighted by Crippen LogP contribution is 2.33. The van der Waals surface area contributed by atoms with Crippen molar-refractivity contribution in [3.63, 3.8) is 0 Å². The highest BCUT2D eigenvalue weighted by Gasteiger charge is 2.34. The fraction of sp³-hybridized carbons (Fsp3) is 0.300. The van der Waals surface area contributed by atoms with Crippen molar-refractivity contribution in [1.29, 1.82) is 0 Å². The van der Waals surface area contributed by atoms with E-state index in [1.807, 2.05) is 6.92 Å². The second kappa shape index (κ2) is 3.21. The zero-order chi connectivity index (χ0) is 12.1. The molecule has 0 saturated heterocycles. The van der Waals surface area contributed by atoms with E-state index in [2.05, 4.69) is 5.32 Å². The number of nitrogens with one attached hydrogen (secondary N) is 1. The molecular weight excluding hydrogens is 228 g/mol. The van der Waals surface area contributed by atoms with Crippen LogP contribution in [0.25, 0.3) is 0 Å². The number of sulfonamides is 1. The predicted molar refractivity (Wildman–Crippen MR) is 59.9 cm³/mol. The van der Waals surface area contributed by atoms with Gasteiger partial charge in [0.25, 0.3) is 10.0 Å². The van der Waals surface area contributed by atoms with Crippen LogP contribution in [0.1, 0.15) is 11.1 Å². The number of anilines is 1. The molecule has 0 bridgehead atoms. The monoisotopic (exact) mass is 240 g/mol. The molecule has 0 aliphatic carbocycles. The van der Waals surface area contributed by atoms with E-state index in [1.165, 1.54) is 13.1 Å². The molecule has 0 spiro atoms. The first-order valence-electron chi connectivity index (χ1n) is 4.76. The zero-order valence-corrected chi connectivity index (χ0v) is 10.1. The van der Waals surface area contributed by atoms with E-state index >= 15 is 0 Å². The van der Waals surface area contributed by atoms with Crippen LogP contribution in [0.4, 0.5) is 10.5 Å². The molecule has 1 N–H and O–H groups in total. The van der Waals surface area contributed by atoms with Crippen molar-refractivity contribution in [2.24, 2.45) is 0 Å². The number of carbonyl (C=O) groups excluding carboxylic acids is 1. The maximum absolute atomic E-state index is 11.9. The van der Waals surface area contributed by atoms with Gasteiger partial charge in [-0.1, -0.05) is 6.07 Å². The van der Waals surface area contributed by atoms with Crippen LogP contribution >= 0.6 is 0 Å². The summed E-state index contributed by atoms with van der Waals surface area (Å²) in [6.45, 7) is 3.65. The Kier molecular flexibility index (Phi) is 2.20. The molecule has 0 unspecified atom stereocenters. The van der Waals surface area contributed by atoms with Crippen LogP contribution in [0.15, 0.2) is 17.0 Å². The van der Waals surface area contributed by atoms with Crippen LogP contribution in [0.2, 0.25) is 0 Å². The normalized spacial score (nSPS) is 17.9. The maximum atomic E-state index is 11.9. The number of aryl methyl sites for hydroxylation is 1. The smallest absolute Gasteiger partial charge is 0.305 e. The lowest BCUT2D eigenvalue weighted by Crippen LogP contribution is -2.41. The SMILES string of the molecule is Cc1ccc2c(c1C)NC(=O)N(C)S2(=O)=O. The Morgan fingerprint density at radius 1 is 1.25 bits per heavy atom. The number of rotatable bonds is 0. The van der Waals surface area contributed by atoms with Crippen LogP contribution in [0.5, 0.6) is 0 Å². The minimum atomic E-state index is -3.69. The molecular formula is C10H12N2O3S. The first-order chi connectivity index (χ1) is 7.35. The van der Waals surface area contributed by atoms with Gasteiger partial charge in [0.2, 0.25) is 0 Å². The summed E-state index contributed by atoms with van der Waals surface area (Å²) in [6.07, 6.45) is 0. The van der Waals surface area contributed by atoms with E-state index in [1.54, 1.807) is 13.0 Å². The first-order valence-corrected chi connectivity index (χ1v) is 6.20. The lowest BCUT2D eigenvalue weighted by atomic mass is 10.1. The Morgan fingerprint density at radius 2 is 1.88 bits per heavy atom. The number of benzene rings is 1. The van der Waals surface area contributed by atoms with Crippen molar-refractivity contribution in [1.82, 2.24) is 4.31 Å². The average molecular weight is 240 g/mol. The van der Waals surface area contributed by atoms with Gasteiger partial charge in [0, 0.05) is 7.05 Å². The molecule has 86 valence electrons. The van der Waals surface area contributed by atoms with E-state index in [-0.39, 0.29) is 4.90 Å². The van der Waals surface area contributed by atoms with Crippen LogP contribution < -0.4 is 5.32 Å². The molecule has 5 nitrogen and oxygen atoms in total. The lowest BCUT2D eigenvalue weighted by molar-refractivity contribution is 0.240. The summed E-state index contributed by atoms with van der Waals surface area (Å²) >= 11 is 0. The number of amides is 2. The molecule has 1 heterocycles. The number of nitrogens with zero attached hydrogens (tertiary/aromatic N) is 1. The minimum Gasteiger partial charge on any atom is -0.305 e. The number of urea groups is 1. The number of hydrogen-bond acceptors (Lipinski definition) is 3. The summed E-state index contributed by atoms with van der Waals surface area (Å²) in [4.78, 5) is 11.6. The molecule has 0 saturated carbocycles. The fourth-order valence-corrected chi connectivity index (χ4v) is 2.86. The van der Waals surface area contributed by atoms with Crippen molar-refractivity contribution >= 4 is 21.7 Å². The van der Waals surface area contributed by atoms with Gasteiger partial charge in [0.1, 0.15) is 4.90 Å². The van der Waals surface area contributed by atoms with Gasteiger partial charge in [-0.05, 0) is 31.0 Å². The molecule has 2 amide bonds. The Bertz CT molecular complexity index is 578. The quantitative estimate of drug-likeness (QED) is 0.746. The van der Waals surface area contributed by atoms with Gasteiger partial charge in [-0.2, -0.15) is 0 Å². The molecule has 1 aromatic rings. The van der Waals surface area contributed by atoms with E-state index in [0.717, 1.165) is 11.1 Å². The van der Waals surface area contributed by atoms with Crippen molar-refractivity contribution in [2.75, 3.05) is 12.4 Å². The van der Waals surface area contributed by atoms with Gasteiger partial charge >= 0.3 is 6.03 Å². The van der Waals surface area contributed by atoms with Crippen LogP contribution in [-0.2, 0) is 10.0 Å². The fourth-order valence-electron chi connectivity index (χ4n) is 1.60. The Hall–Kier alpha value is -1.56. The zero-order valence-electron chi connectivity index (χ0n) is 9.23. The summed E-state index contributed by atoms with van der Waals surface area (Å²) in [6, 6.07) is 2.63. The van der Waals surface area contributed by atoms with Crippen LogP contribution in [-0.4, -0.2) is 25.8 Å². The van der Waals surface area contributed by atoms with Gasteiger partial charge in [-0.15, -0.1) is 0 Å². The van der Waals surface area contributed by atoms with Gasteiger partial charge < -0.3 is 5.32 Å². The van der Waals surface area contributed by atoms with Crippen molar-refractivity contribution in [3.05, 3.63) is 23.3 Å². The molecule has 0 aromatic heterocycles. The summed E-state index contributed by atoms with van der Waals surface area (Å²) in [5.41, 5.74) is 2.12. The molecule has 0 radical (unpaired) electrons. The van der Waals surface area contributed by atoms with Crippen molar-refractivity contribution < 1.29 is 13.2 Å². The molecule has 6 heteroatoms. The minimum absolute atomic E-state index is 0.151. The topological polar surface area (TPSA) is 66.5 Å². The Morgan fingerprint density at radius 3 is 2.50 bits per heavy atom. The molecule has 0 atom stereocenters. The van der Waals surface area contributed by atoms with Crippen molar-refractivity contribution in [3.8, 4) is 0 Å². The summed E-state index contributed by atoms with van der Waals surface area (Å²) in [5.74, 6) is 0.